The van der Waals surface area contributed by atoms with Gasteiger partial charge in [0.2, 0.25) is 0 Å². The third kappa shape index (κ3) is 4.52. The van der Waals surface area contributed by atoms with Gasteiger partial charge in [0, 0.05) is 23.5 Å². The number of nitrogens with zero attached hydrogens (tertiary/aromatic N) is 1. The second-order valence-corrected chi connectivity index (χ2v) is 8.15. The monoisotopic (exact) mass is 385 g/mol. The first-order chi connectivity index (χ1) is 13.0. The lowest BCUT2D eigenvalue weighted by atomic mass is 9.94. The lowest BCUT2D eigenvalue weighted by Gasteiger charge is -2.36. The van der Waals surface area contributed by atoms with E-state index in [0.29, 0.717) is 12.6 Å². The fourth-order valence-electron chi connectivity index (χ4n) is 4.01. The van der Waals surface area contributed by atoms with E-state index in [0.717, 1.165) is 52.9 Å². The van der Waals surface area contributed by atoms with E-state index in [9.17, 15) is 4.79 Å². The van der Waals surface area contributed by atoms with Crippen LogP contribution in [0.15, 0.2) is 23.0 Å². The minimum absolute atomic E-state index is 0.00435. The summed E-state index contributed by atoms with van der Waals surface area (Å²) in [5, 5.41) is 5.28. The number of nitrogens with one attached hydrogen (secondary N) is 2. The van der Waals surface area contributed by atoms with Crippen molar-refractivity contribution in [1.29, 1.82) is 0 Å². The Balaban J connectivity index is 1.94. The highest BCUT2D eigenvalue weighted by Crippen LogP contribution is 2.25. The van der Waals surface area contributed by atoms with Crippen molar-refractivity contribution in [3.05, 3.63) is 45.2 Å². The molecule has 2 N–H and O–H groups in total. The van der Waals surface area contributed by atoms with Crippen LogP contribution in [0.5, 0.6) is 0 Å². The maximum absolute atomic E-state index is 12.8. The Morgan fingerprint density at radius 1 is 1.22 bits per heavy atom. The van der Waals surface area contributed by atoms with Gasteiger partial charge in [0.05, 0.1) is 12.1 Å². The lowest BCUT2D eigenvalue weighted by Crippen LogP contribution is -2.47. The number of aromatic amines is 1. The summed E-state index contributed by atoms with van der Waals surface area (Å²) >= 11 is 5.71. The predicted molar refractivity (Wildman–Crippen MR) is 117 cm³/mol. The van der Waals surface area contributed by atoms with Gasteiger partial charge < -0.3 is 15.2 Å². The van der Waals surface area contributed by atoms with E-state index in [1.807, 2.05) is 6.92 Å². The molecule has 3 rings (SSSR count). The summed E-state index contributed by atoms with van der Waals surface area (Å²) in [6.07, 6.45) is 7.12. The average Bonchev–Trinajstić information content (AvgIpc) is 2.68. The summed E-state index contributed by atoms with van der Waals surface area (Å²) in [4.78, 5) is 18.2. The summed E-state index contributed by atoms with van der Waals surface area (Å²) in [7, 11) is 0. The van der Waals surface area contributed by atoms with Gasteiger partial charge in [-0.15, -0.1) is 0 Å². The van der Waals surface area contributed by atoms with Gasteiger partial charge in [0.1, 0.15) is 0 Å². The smallest absolute Gasteiger partial charge is 0.253 e. The van der Waals surface area contributed by atoms with Crippen LogP contribution < -0.4 is 10.9 Å². The maximum atomic E-state index is 12.8. The van der Waals surface area contributed by atoms with E-state index in [4.69, 9.17) is 12.2 Å². The van der Waals surface area contributed by atoms with Crippen LogP contribution in [0.1, 0.15) is 62.1 Å². The molecule has 1 aliphatic carbocycles. The molecule has 27 heavy (non-hydrogen) atoms. The number of thiocarbonyl (C=S) groups is 1. The summed E-state index contributed by atoms with van der Waals surface area (Å²) < 4.78 is 0. The number of fused-ring (bicyclic) bond motifs is 1. The number of hydrogen-bond donors (Lipinski definition) is 2. The third-order valence-electron chi connectivity index (χ3n) is 5.66. The van der Waals surface area contributed by atoms with Gasteiger partial charge in [-0.1, -0.05) is 38.3 Å². The van der Waals surface area contributed by atoms with E-state index in [1.165, 1.54) is 24.8 Å². The van der Waals surface area contributed by atoms with Crippen LogP contribution in [0.3, 0.4) is 0 Å². The second-order valence-electron chi connectivity index (χ2n) is 7.76. The number of rotatable bonds is 5. The zero-order valence-corrected chi connectivity index (χ0v) is 17.5. The summed E-state index contributed by atoms with van der Waals surface area (Å²) in [5.41, 5.74) is 4.02. The van der Waals surface area contributed by atoms with Gasteiger partial charge in [-0.25, -0.2) is 0 Å². The molecule has 146 valence electrons. The van der Waals surface area contributed by atoms with Gasteiger partial charge in [-0.05, 0) is 62.5 Å². The molecule has 0 saturated heterocycles. The summed E-state index contributed by atoms with van der Waals surface area (Å²) in [6, 6.07) is 6.66. The van der Waals surface area contributed by atoms with E-state index in [2.05, 4.69) is 47.2 Å². The van der Waals surface area contributed by atoms with Crippen molar-refractivity contribution in [1.82, 2.24) is 15.2 Å². The quantitative estimate of drug-likeness (QED) is 0.741. The molecule has 4 nitrogen and oxygen atoms in total. The predicted octanol–water partition coefficient (Wildman–Crippen LogP) is 4.56. The van der Waals surface area contributed by atoms with Crippen LogP contribution in [0, 0.1) is 13.8 Å². The van der Waals surface area contributed by atoms with Crippen molar-refractivity contribution in [3.63, 3.8) is 0 Å². The first-order valence-corrected chi connectivity index (χ1v) is 10.6. The number of H-pyrrole nitrogens is 1. The number of benzene rings is 1. The zero-order valence-electron chi connectivity index (χ0n) is 16.7. The Labute approximate surface area is 167 Å². The molecule has 0 unspecified atom stereocenters. The van der Waals surface area contributed by atoms with Gasteiger partial charge in [-0.2, -0.15) is 0 Å². The standard InChI is InChI=1S/C22H31N3OS/c1-4-12-23-22(27)25(18-8-6-5-7-9-18)14-17-13-19-15(2)10-11-16(3)20(19)24-21(17)26/h10-11,13,18H,4-9,12,14H2,1-3H3,(H,23,27)(H,24,26). The number of aromatic nitrogens is 1. The van der Waals surface area contributed by atoms with E-state index >= 15 is 0 Å². The summed E-state index contributed by atoms with van der Waals surface area (Å²) in [5.74, 6) is 0. The molecule has 1 heterocycles. The van der Waals surface area contributed by atoms with Crippen LogP contribution in [0.2, 0.25) is 0 Å². The molecule has 0 amide bonds. The normalized spacial score (nSPS) is 15.1. The van der Waals surface area contributed by atoms with E-state index in [-0.39, 0.29) is 5.56 Å². The van der Waals surface area contributed by atoms with Crippen molar-refractivity contribution in [2.75, 3.05) is 6.54 Å². The highest BCUT2D eigenvalue weighted by molar-refractivity contribution is 7.80. The fourth-order valence-corrected chi connectivity index (χ4v) is 4.33. The molecule has 1 aliphatic rings. The Morgan fingerprint density at radius 2 is 1.93 bits per heavy atom. The second kappa shape index (κ2) is 8.87. The van der Waals surface area contributed by atoms with Crippen LogP contribution in [0.25, 0.3) is 10.9 Å². The minimum atomic E-state index is -0.00435. The van der Waals surface area contributed by atoms with Crippen LogP contribution in [-0.4, -0.2) is 27.6 Å². The van der Waals surface area contributed by atoms with Crippen molar-refractivity contribution < 1.29 is 0 Å². The first kappa shape index (κ1) is 19.9. The Morgan fingerprint density at radius 3 is 2.63 bits per heavy atom. The summed E-state index contributed by atoms with van der Waals surface area (Å²) in [6.45, 7) is 7.71. The Bertz CT molecular complexity index is 868. The molecule has 1 aromatic heterocycles. The first-order valence-electron chi connectivity index (χ1n) is 10.2. The van der Waals surface area contributed by atoms with Crippen LogP contribution >= 0.6 is 12.2 Å². The number of hydrogen-bond acceptors (Lipinski definition) is 2. The van der Waals surface area contributed by atoms with Gasteiger partial charge >= 0.3 is 0 Å². The van der Waals surface area contributed by atoms with Crippen LogP contribution in [0.4, 0.5) is 0 Å². The number of pyridine rings is 1. The zero-order chi connectivity index (χ0) is 19.4. The largest absolute Gasteiger partial charge is 0.363 e. The van der Waals surface area contributed by atoms with Crippen LogP contribution in [-0.2, 0) is 6.54 Å². The highest BCUT2D eigenvalue weighted by atomic mass is 32.1. The SMILES string of the molecule is CCCNC(=S)N(Cc1cc2c(C)ccc(C)c2[nH]c1=O)C1CCCCC1. The van der Waals surface area contributed by atoms with Gasteiger partial charge in [0.15, 0.2) is 5.11 Å². The molecule has 0 atom stereocenters. The van der Waals surface area contributed by atoms with Crippen molar-refractivity contribution in [2.45, 2.75) is 71.9 Å². The van der Waals surface area contributed by atoms with E-state index in [1.54, 1.807) is 0 Å². The molecule has 0 spiro atoms. The molecule has 0 radical (unpaired) electrons. The fraction of sp³-hybridized carbons (Fsp3) is 0.545. The highest BCUT2D eigenvalue weighted by Gasteiger charge is 2.24. The average molecular weight is 386 g/mol. The lowest BCUT2D eigenvalue weighted by molar-refractivity contribution is 0.234. The Kier molecular flexibility index (Phi) is 6.53. The van der Waals surface area contributed by atoms with E-state index < -0.39 is 0 Å². The molecule has 0 aliphatic heterocycles. The number of aryl methyl sites for hydroxylation is 2. The molecule has 0 bridgehead atoms. The maximum Gasteiger partial charge on any atom is 0.253 e. The van der Waals surface area contributed by atoms with Crippen molar-refractivity contribution in [3.8, 4) is 0 Å². The molecule has 5 heteroatoms. The molecule has 1 saturated carbocycles. The minimum Gasteiger partial charge on any atom is -0.363 e. The topological polar surface area (TPSA) is 48.1 Å². The van der Waals surface area contributed by atoms with Gasteiger partial charge in [0.25, 0.3) is 5.56 Å². The molecular formula is C22H31N3OS. The van der Waals surface area contributed by atoms with Crippen molar-refractivity contribution >= 4 is 28.2 Å². The Hall–Kier alpha value is -1.88. The molecule has 2 aromatic rings. The molecule has 1 aromatic carbocycles. The third-order valence-corrected chi connectivity index (χ3v) is 6.04. The molecular weight excluding hydrogens is 354 g/mol. The molecule has 1 fully saturated rings. The van der Waals surface area contributed by atoms with Gasteiger partial charge in [-0.3, -0.25) is 4.79 Å². The van der Waals surface area contributed by atoms with Crippen molar-refractivity contribution in [2.24, 2.45) is 0 Å².